The molecule has 5 nitrogen and oxygen atoms in total. The fourth-order valence-electron chi connectivity index (χ4n) is 3.82. The number of amides is 1. The van der Waals surface area contributed by atoms with Crippen LogP contribution < -0.4 is 0 Å². The maximum Gasteiger partial charge on any atom is 0.416 e. The molecule has 2 aromatic heterocycles. The zero-order valence-corrected chi connectivity index (χ0v) is 15.4. The Kier molecular flexibility index (Phi) is 4.64. The van der Waals surface area contributed by atoms with Crippen molar-refractivity contribution in [2.24, 2.45) is 5.92 Å². The van der Waals surface area contributed by atoms with Crippen molar-refractivity contribution in [3.05, 3.63) is 42.4 Å². The van der Waals surface area contributed by atoms with Gasteiger partial charge in [-0.3, -0.25) is 4.79 Å². The Labute approximate surface area is 159 Å². The SMILES string of the molecule is CCCC1CC(=O)N(Cn2c(-c3ccoc3)nc3cc(C(F)(F)F)ccc32)C1. The molecule has 1 unspecified atom stereocenters. The van der Waals surface area contributed by atoms with E-state index in [1.165, 1.54) is 18.6 Å². The second-order valence-corrected chi connectivity index (χ2v) is 7.19. The molecule has 3 heterocycles. The fourth-order valence-corrected chi connectivity index (χ4v) is 3.82. The van der Waals surface area contributed by atoms with Crippen LogP contribution in [-0.2, 0) is 17.6 Å². The summed E-state index contributed by atoms with van der Waals surface area (Å²) in [5, 5.41) is 0. The molecule has 28 heavy (non-hydrogen) atoms. The van der Waals surface area contributed by atoms with Crippen LogP contribution in [0, 0.1) is 5.92 Å². The Balaban J connectivity index is 1.75. The predicted octanol–water partition coefficient (Wildman–Crippen LogP) is 4.92. The van der Waals surface area contributed by atoms with Gasteiger partial charge in [0.25, 0.3) is 0 Å². The van der Waals surface area contributed by atoms with Crippen molar-refractivity contribution in [2.75, 3.05) is 6.54 Å². The first-order chi connectivity index (χ1) is 13.4. The molecule has 0 bridgehead atoms. The maximum absolute atomic E-state index is 13.1. The number of benzene rings is 1. The van der Waals surface area contributed by atoms with E-state index in [4.69, 9.17) is 4.42 Å². The molecule has 1 aliphatic rings. The van der Waals surface area contributed by atoms with Gasteiger partial charge in [0.2, 0.25) is 5.91 Å². The highest BCUT2D eigenvalue weighted by Crippen LogP contribution is 2.34. The topological polar surface area (TPSA) is 51.3 Å². The van der Waals surface area contributed by atoms with Crippen LogP contribution in [0.25, 0.3) is 22.4 Å². The summed E-state index contributed by atoms with van der Waals surface area (Å²) in [6.07, 6.45) is 1.05. The molecule has 0 spiro atoms. The predicted molar refractivity (Wildman–Crippen MR) is 97.2 cm³/mol. The van der Waals surface area contributed by atoms with E-state index in [0.717, 1.165) is 25.0 Å². The molecule has 4 rings (SSSR count). The van der Waals surface area contributed by atoms with E-state index in [9.17, 15) is 18.0 Å². The van der Waals surface area contributed by atoms with Crippen molar-refractivity contribution >= 4 is 16.9 Å². The number of aromatic nitrogens is 2. The Morgan fingerprint density at radius 2 is 2.11 bits per heavy atom. The van der Waals surface area contributed by atoms with E-state index < -0.39 is 11.7 Å². The monoisotopic (exact) mass is 391 g/mol. The molecule has 1 saturated heterocycles. The lowest BCUT2D eigenvalue weighted by atomic mass is 10.0. The van der Waals surface area contributed by atoms with Crippen molar-refractivity contribution in [3.63, 3.8) is 0 Å². The molecule has 1 aromatic carbocycles. The standard InChI is InChI=1S/C20H20F3N3O2/c1-2-3-13-8-18(27)25(10-13)12-26-17-5-4-15(20(21,22)23)9-16(17)24-19(26)14-6-7-28-11-14/h4-7,9,11,13H,2-3,8,10,12H2,1H3. The van der Waals surface area contributed by atoms with Crippen LogP contribution in [0.4, 0.5) is 13.2 Å². The van der Waals surface area contributed by atoms with Gasteiger partial charge in [0.1, 0.15) is 12.1 Å². The second-order valence-electron chi connectivity index (χ2n) is 7.19. The number of nitrogens with zero attached hydrogens (tertiary/aromatic N) is 3. The van der Waals surface area contributed by atoms with Crippen LogP contribution in [-0.4, -0.2) is 26.9 Å². The zero-order valence-electron chi connectivity index (χ0n) is 15.4. The average molecular weight is 391 g/mol. The van der Waals surface area contributed by atoms with E-state index in [1.807, 2.05) is 0 Å². The third-order valence-electron chi connectivity index (χ3n) is 5.16. The van der Waals surface area contributed by atoms with E-state index in [0.29, 0.717) is 35.8 Å². The third kappa shape index (κ3) is 3.39. The number of fused-ring (bicyclic) bond motifs is 1. The Morgan fingerprint density at radius 1 is 1.29 bits per heavy atom. The molecular weight excluding hydrogens is 371 g/mol. The summed E-state index contributed by atoms with van der Waals surface area (Å²) in [6.45, 7) is 2.99. The molecular formula is C20H20F3N3O2. The van der Waals surface area contributed by atoms with Gasteiger partial charge in [-0.05, 0) is 36.6 Å². The molecule has 0 N–H and O–H groups in total. The van der Waals surface area contributed by atoms with Crippen LogP contribution in [0.5, 0.6) is 0 Å². The smallest absolute Gasteiger partial charge is 0.416 e. The van der Waals surface area contributed by atoms with E-state index in [2.05, 4.69) is 11.9 Å². The van der Waals surface area contributed by atoms with E-state index >= 15 is 0 Å². The zero-order chi connectivity index (χ0) is 19.9. The highest BCUT2D eigenvalue weighted by atomic mass is 19.4. The number of alkyl halides is 3. The van der Waals surface area contributed by atoms with Crippen molar-refractivity contribution in [1.29, 1.82) is 0 Å². The molecule has 148 valence electrons. The molecule has 0 saturated carbocycles. The Bertz CT molecular complexity index is 992. The summed E-state index contributed by atoms with van der Waals surface area (Å²) in [4.78, 5) is 18.6. The van der Waals surface area contributed by atoms with Gasteiger partial charge < -0.3 is 13.9 Å². The molecule has 8 heteroatoms. The molecule has 0 radical (unpaired) electrons. The maximum atomic E-state index is 13.1. The summed E-state index contributed by atoms with van der Waals surface area (Å²) in [5.41, 5.74) is 0.698. The summed E-state index contributed by atoms with van der Waals surface area (Å²) in [7, 11) is 0. The highest BCUT2D eigenvalue weighted by molar-refractivity contribution is 5.82. The molecule has 3 aromatic rings. The normalized spacial score (nSPS) is 17.8. The van der Waals surface area contributed by atoms with Crippen LogP contribution in [0.2, 0.25) is 0 Å². The number of likely N-dealkylation sites (tertiary alicyclic amines) is 1. The molecule has 0 aliphatic carbocycles. The number of furan rings is 1. The van der Waals surface area contributed by atoms with Gasteiger partial charge >= 0.3 is 6.18 Å². The van der Waals surface area contributed by atoms with Gasteiger partial charge in [0.15, 0.2) is 0 Å². The lowest BCUT2D eigenvalue weighted by Crippen LogP contribution is -2.28. The quantitative estimate of drug-likeness (QED) is 0.620. The van der Waals surface area contributed by atoms with Crippen molar-refractivity contribution in [2.45, 2.75) is 39.0 Å². The minimum absolute atomic E-state index is 0.0605. The summed E-state index contributed by atoms with van der Waals surface area (Å²) in [6, 6.07) is 5.21. The number of hydrogen-bond acceptors (Lipinski definition) is 3. The van der Waals surface area contributed by atoms with Gasteiger partial charge in [0.05, 0.1) is 35.1 Å². The third-order valence-corrected chi connectivity index (χ3v) is 5.16. The number of carbonyl (C=O) groups excluding carboxylic acids is 1. The summed E-state index contributed by atoms with van der Waals surface area (Å²) in [5.74, 6) is 0.863. The first kappa shape index (κ1) is 18.6. The highest BCUT2D eigenvalue weighted by Gasteiger charge is 2.32. The number of carbonyl (C=O) groups is 1. The van der Waals surface area contributed by atoms with Crippen molar-refractivity contribution < 1.29 is 22.4 Å². The van der Waals surface area contributed by atoms with Crippen LogP contribution in [0.1, 0.15) is 31.7 Å². The van der Waals surface area contributed by atoms with Crippen LogP contribution in [0.15, 0.2) is 41.2 Å². The first-order valence-electron chi connectivity index (χ1n) is 9.24. The lowest BCUT2D eigenvalue weighted by molar-refractivity contribution is -0.137. The average Bonchev–Trinajstić information content (AvgIpc) is 3.34. The van der Waals surface area contributed by atoms with E-state index in [-0.39, 0.29) is 18.1 Å². The van der Waals surface area contributed by atoms with Crippen LogP contribution >= 0.6 is 0 Å². The Morgan fingerprint density at radius 3 is 2.79 bits per heavy atom. The molecule has 1 fully saturated rings. The van der Waals surface area contributed by atoms with Crippen LogP contribution in [0.3, 0.4) is 0 Å². The number of hydrogen-bond donors (Lipinski definition) is 0. The van der Waals surface area contributed by atoms with Gasteiger partial charge in [-0.25, -0.2) is 4.98 Å². The van der Waals surface area contributed by atoms with E-state index in [1.54, 1.807) is 15.5 Å². The lowest BCUT2D eigenvalue weighted by Gasteiger charge is -2.19. The number of imidazole rings is 1. The largest absolute Gasteiger partial charge is 0.472 e. The van der Waals surface area contributed by atoms with Crippen molar-refractivity contribution in [3.8, 4) is 11.4 Å². The summed E-state index contributed by atoms with van der Waals surface area (Å²) < 4.78 is 46.2. The van der Waals surface area contributed by atoms with Gasteiger partial charge in [-0.2, -0.15) is 13.2 Å². The molecule has 1 atom stereocenters. The number of halogens is 3. The first-order valence-corrected chi connectivity index (χ1v) is 9.24. The second kappa shape index (κ2) is 7.00. The van der Waals surface area contributed by atoms with Crippen molar-refractivity contribution in [1.82, 2.24) is 14.5 Å². The summed E-state index contributed by atoms with van der Waals surface area (Å²) >= 11 is 0. The van der Waals surface area contributed by atoms with Gasteiger partial charge in [-0.15, -0.1) is 0 Å². The Hall–Kier alpha value is -2.77. The van der Waals surface area contributed by atoms with Gasteiger partial charge in [-0.1, -0.05) is 13.3 Å². The minimum atomic E-state index is -4.44. The fraction of sp³-hybridized carbons (Fsp3) is 0.400. The minimum Gasteiger partial charge on any atom is -0.472 e. The van der Waals surface area contributed by atoms with Gasteiger partial charge in [0, 0.05) is 13.0 Å². The molecule has 1 aliphatic heterocycles. The molecule has 1 amide bonds. The number of rotatable bonds is 5.